The lowest BCUT2D eigenvalue weighted by Crippen LogP contribution is -2.47. The van der Waals surface area contributed by atoms with Crippen LogP contribution in [0.3, 0.4) is 0 Å². The molecule has 1 aliphatic heterocycles. The topological polar surface area (TPSA) is 75.1 Å². The Morgan fingerprint density at radius 3 is 2.77 bits per heavy atom. The van der Waals surface area contributed by atoms with Crippen molar-refractivity contribution in [2.24, 2.45) is 4.99 Å². The monoisotopic (exact) mass is 409 g/mol. The van der Waals surface area contributed by atoms with E-state index in [0.29, 0.717) is 18.7 Å². The van der Waals surface area contributed by atoms with Crippen LogP contribution in [0, 0.1) is 0 Å². The second-order valence-corrected chi connectivity index (χ2v) is 8.17. The number of aliphatic imine (C=N–C) groups is 1. The second kappa shape index (κ2) is 8.86. The number of phenols is 1. The van der Waals surface area contributed by atoms with E-state index >= 15 is 0 Å². The van der Waals surface area contributed by atoms with Crippen LogP contribution >= 0.6 is 0 Å². The fourth-order valence-corrected chi connectivity index (χ4v) is 4.63. The van der Waals surface area contributed by atoms with Crippen LogP contribution in [0.15, 0.2) is 47.5 Å². The highest BCUT2D eigenvalue weighted by Crippen LogP contribution is 2.46. The van der Waals surface area contributed by atoms with Gasteiger partial charge in [0.15, 0.2) is 5.96 Å². The Balaban J connectivity index is 1.41. The minimum atomic E-state index is -0.0558. The number of benzene rings is 2. The molecule has 0 aromatic heterocycles. The first-order valence-electron chi connectivity index (χ1n) is 10.7. The Bertz CT molecular complexity index is 906. The van der Waals surface area contributed by atoms with Gasteiger partial charge in [-0.3, -0.25) is 4.99 Å². The Morgan fingerprint density at radius 2 is 2.03 bits per heavy atom. The zero-order valence-corrected chi connectivity index (χ0v) is 17.8. The summed E-state index contributed by atoms with van der Waals surface area (Å²) in [5, 5.41) is 17.2. The summed E-state index contributed by atoms with van der Waals surface area (Å²) in [5.74, 6) is 2.65. The molecule has 2 aliphatic rings. The molecule has 3 N–H and O–H groups in total. The van der Waals surface area contributed by atoms with Gasteiger partial charge in [0.1, 0.15) is 22.8 Å². The van der Waals surface area contributed by atoms with E-state index in [0.717, 1.165) is 36.5 Å². The van der Waals surface area contributed by atoms with Crippen LogP contribution in [-0.4, -0.2) is 37.4 Å². The average Bonchev–Trinajstić information content (AvgIpc) is 3.21. The van der Waals surface area contributed by atoms with Gasteiger partial charge in [-0.05, 0) is 49.8 Å². The van der Waals surface area contributed by atoms with Crippen molar-refractivity contribution in [1.29, 1.82) is 0 Å². The maximum Gasteiger partial charge on any atom is 0.191 e. The lowest BCUT2D eigenvalue weighted by Gasteiger charge is -2.40. The number of nitrogens with zero attached hydrogens (tertiary/aromatic N) is 1. The summed E-state index contributed by atoms with van der Waals surface area (Å²) in [6.45, 7) is 0.662. The summed E-state index contributed by atoms with van der Waals surface area (Å²) >= 11 is 0. The normalized spacial score (nSPS) is 19.8. The number of para-hydroxylation sites is 1. The third-order valence-electron chi connectivity index (χ3n) is 6.23. The Labute approximate surface area is 178 Å². The van der Waals surface area contributed by atoms with Crippen LogP contribution in [0.2, 0.25) is 0 Å². The van der Waals surface area contributed by atoms with Gasteiger partial charge >= 0.3 is 0 Å². The van der Waals surface area contributed by atoms with Crippen LogP contribution in [0.25, 0.3) is 0 Å². The van der Waals surface area contributed by atoms with Crippen molar-refractivity contribution in [3.05, 3.63) is 53.6 Å². The number of hydrogen-bond acceptors (Lipinski definition) is 4. The van der Waals surface area contributed by atoms with Crippen molar-refractivity contribution < 1.29 is 14.6 Å². The Morgan fingerprint density at radius 1 is 1.23 bits per heavy atom. The van der Waals surface area contributed by atoms with E-state index in [1.165, 1.54) is 18.4 Å². The number of aromatic hydroxyl groups is 1. The van der Waals surface area contributed by atoms with E-state index in [4.69, 9.17) is 9.47 Å². The number of methoxy groups -OCH3 is 1. The van der Waals surface area contributed by atoms with Crippen molar-refractivity contribution in [3.8, 4) is 17.2 Å². The molecule has 4 rings (SSSR count). The molecule has 0 saturated heterocycles. The van der Waals surface area contributed by atoms with Crippen LogP contribution in [-0.2, 0) is 6.42 Å². The van der Waals surface area contributed by atoms with E-state index < -0.39 is 0 Å². The molecule has 1 fully saturated rings. The van der Waals surface area contributed by atoms with Crippen LogP contribution in [0.4, 0.5) is 0 Å². The SMILES string of the molecule is CN=C(NCCc1ccc(OC)cc1O)NC1CC2(CCCC2)Oc2ccccc21. The molecule has 1 atom stereocenters. The highest BCUT2D eigenvalue weighted by molar-refractivity contribution is 5.80. The van der Waals surface area contributed by atoms with Gasteiger partial charge in [-0.1, -0.05) is 24.3 Å². The molecule has 30 heavy (non-hydrogen) atoms. The molecule has 1 spiro atoms. The standard InChI is InChI=1S/C24H31N3O3/c1-25-23(26-14-11-17-9-10-18(29-2)15-21(17)28)27-20-16-24(12-5-6-13-24)30-22-8-4-3-7-19(20)22/h3-4,7-10,15,20,28H,5-6,11-14,16H2,1-2H3,(H2,25,26,27). The predicted octanol–water partition coefficient (Wildman–Crippen LogP) is 3.94. The number of phenolic OH excluding ortho intramolecular Hbond substituents is 1. The van der Waals surface area contributed by atoms with E-state index in [2.05, 4.69) is 33.8 Å². The Hall–Kier alpha value is -2.89. The molecule has 2 aromatic carbocycles. The summed E-state index contributed by atoms with van der Waals surface area (Å²) in [6, 6.07) is 13.9. The quantitative estimate of drug-likeness (QED) is 0.515. The predicted molar refractivity (Wildman–Crippen MR) is 118 cm³/mol. The van der Waals surface area contributed by atoms with Gasteiger partial charge in [0.2, 0.25) is 0 Å². The van der Waals surface area contributed by atoms with Crippen molar-refractivity contribution in [2.45, 2.75) is 50.2 Å². The zero-order chi connectivity index (χ0) is 21.0. The number of ether oxygens (including phenoxy) is 2. The van der Waals surface area contributed by atoms with E-state index in [1.54, 1.807) is 20.2 Å². The molecule has 1 aliphatic carbocycles. The summed E-state index contributed by atoms with van der Waals surface area (Å²) in [7, 11) is 3.38. The number of nitrogens with one attached hydrogen (secondary N) is 2. The molecule has 0 bridgehead atoms. The number of rotatable bonds is 5. The van der Waals surface area contributed by atoms with Gasteiger partial charge < -0.3 is 25.2 Å². The summed E-state index contributed by atoms with van der Waals surface area (Å²) in [4.78, 5) is 4.42. The molecular weight excluding hydrogens is 378 g/mol. The number of fused-ring (bicyclic) bond motifs is 1. The first-order valence-corrected chi connectivity index (χ1v) is 10.7. The maximum absolute atomic E-state index is 10.2. The zero-order valence-electron chi connectivity index (χ0n) is 17.8. The third kappa shape index (κ3) is 4.32. The van der Waals surface area contributed by atoms with Gasteiger partial charge in [-0.2, -0.15) is 0 Å². The molecule has 6 nitrogen and oxygen atoms in total. The lowest BCUT2D eigenvalue weighted by atomic mass is 9.86. The van der Waals surface area contributed by atoms with Crippen molar-refractivity contribution in [2.75, 3.05) is 20.7 Å². The third-order valence-corrected chi connectivity index (χ3v) is 6.23. The minimum absolute atomic E-state index is 0.0558. The highest BCUT2D eigenvalue weighted by Gasteiger charge is 2.43. The van der Waals surface area contributed by atoms with E-state index in [1.807, 2.05) is 18.2 Å². The summed E-state index contributed by atoms with van der Waals surface area (Å²) in [6.07, 6.45) is 6.32. The number of guanidine groups is 1. The average molecular weight is 410 g/mol. The Kier molecular flexibility index (Phi) is 6.02. The van der Waals surface area contributed by atoms with Crippen LogP contribution < -0.4 is 20.1 Å². The first-order chi connectivity index (χ1) is 14.6. The van der Waals surface area contributed by atoms with Crippen molar-refractivity contribution >= 4 is 5.96 Å². The van der Waals surface area contributed by atoms with Gasteiger partial charge in [0, 0.05) is 31.6 Å². The van der Waals surface area contributed by atoms with E-state index in [-0.39, 0.29) is 17.4 Å². The van der Waals surface area contributed by atoms with Gasteiger partial charge in [0.05, 0.1) is 13.2 Å². The van der Waals surface area contributed by atoms with E-state index in [9.17, 15) is 5.11 Å². The number of hydrogen-bond donors (Lipinski definition) is 3. The minimum Gasteiger partial charge on any atom is -0.508 e. The summed E-state index contributed by atoms with van der Waals surface area (Å²) < 4.78 is 11.6. The van der Waals surface area contributed by atoms with Gasteiger partial charge in [-0.15, -0.1) is 0 Å². The van der Waals surface area contributed by atoms with Gasteiger partial charge in [0.25, 0.3) is 0 Å². The van der Waals surface area contributed by atoms with Crippen LogP contribution in [0.1, 0.15) is 49.3 Å². The molecule has 0 amide bonds. The molecule has 160 valence electrons. The maximum atomic E-state index is 10.2. The highest BCUT2D eigenvalue weighted by atomic mass is 16.5. The molecule has 1 saturated carbocycles. The van der Waals surface area contributed by atoms with Gasteiger partial charge in [-0.25, -0.2) is 0 Å². The fourth-order valence-electron chi connectivity index (χ4n) is 4.63. The molecular formula is C24H31N3O3. The molecule has 6 heteroatoms. The lowest BCUT2D eigenvalue weighted by molar-refractivity contribution is 0.0396. The molecule has 2 aromatic rings. The smallest absolute Gasteiger partial charge is 0.191 e. The molecule has 0 radical (unpaired) electrons. The largest absolute Gasteiger partial charge is 0.508 e. The summed E-state index contributed by atoms with van der Waals surface area (Å²) in [5.41, 5.74) is 2.01. The fraction of sp³-hybridized carbons (Fsp3) is 0.458. The molecule has 1 heterocycles. The second-order valence-electron chi connectivity index (χ2n) is 8.17. The van der Waals surface area contributed by atoms with Crippen molar-refractivity contribution in [3.63, 3.8) is 0 Å². The molecule has 1 unspecified atom stereocenters. The van der Waals surface area contributed by atoms with Crippen LogP contribution in [0.5, 0.6) is 17.2 Å². The first kappa shape index (κ1) is 20.4. The van der Waals surface area contributed by atoms with Crippen molar-refractivity contribution in [1.82, 2.24) is 10.6 Å².